The van der Waals surface area contributed by atoms with E-state index >= 15 is 0 Å². The van der Waals surface area contributed by atoms with E-state index in [1.54, 1.807) is 19.2 Å². The van der Waals surface area contributed by atoms with Gasteiger partial charge in [-0.25, -0.2) is 13.1 Å². The lowest BCUT2D eigenvalue weighted by atomic mass is 9.97. The van der Waals surface area contributed by atoms with Gasteiger partial charge in [0.1, 0.15) is 5.75 Å². The molecular formula is C21H22N2O4S. The van der Waals surface area contributed by atoms with Gasteiger partial charge >= 0.3 is 0 Å². The number of ether oxygens (including phenoxy) is 1. The first-order valence-electron chi connectivity index (χ1n) is 8.76. The van der Waals surface area contributed by atoms with E-state index in [1.807, 2.05) is 43.3 Å². The molecular weight excluding hydrogens is 376 g/mol. The number of benzene rings is 3. The Morgan fingerprint density at radius 2 is 1.61 bits per heavy atom. The van der Waals surface area contributed by atoms with Crippen molar-refractivity contribution in [2.24, 2.45) is 0 Å². The molecule has 3 rings (SSSR count). The molecule has 0 spiro atoms. The Kier molecular flexibility index (Phi) is 5.67. The van der Waals surface area contributed by atoms with Gasteiger partial charge in [0, 0.05) is 5.69 Å². The molecule has 0 aliphatic rings. The molecule has 0 saturated heterocycles. The summed E-state index contributed by atoms with van der Waals surface area (Å²) in [5.41, 5.74) is 1.43. The summed E-state index contributed by atoms with van der Waals surface area (Å²) in [6.07, 6.45) is 0. The number of hydrogen-bond acceptors (Lipinski definition) is 4. The molecule has 3 aromatic rings. The number of carbonyl (C=O) groups is 1. The molecule has 0 fully saturated rings. The SMILES string of the molecule is CNS(=O)(=O)c1ccc(NC(=O)[C@@H](C)c2ccc3cc(OC)ccc3c2)cc1. The highest BCUT2D eigenvalue weighted by Crippen LogP contribution is 2.26. The van der Waals surface area contributed by atoms with Gasteiger partial charge in [0.05, 0.1) is 17.9 Å². The van der Waals surface area contributed by atoms with E-state index in [2.05, 4.69) is 10.0 Å². The van der Waals surface area contributed by atoms with Crippen LogP contribution in [0.4, 0.5) is 5.69 Å². The van der Waals surface area contributed by atoms with E-state index in [9.17, 15) is 13.2 Å². The summed E-state index contributed by atoms with van der Waals surface area (Å²) in [4.78, 5) is 12.8. The van der Waals surface area contributed by atoms with E-state index in [-0.39, 0.29) is 16.7 Å². The average molecular weight is 398 g/mol. The summed E-state index contributed by atoms with van der Waals surface area (Å²) in [5, 5.41) is 4.90. The largest absolute Gasteiger partial charge is 0.497 e. The van der Waals surface area contributed by atoms with Crippen LogP contribution >= 0.6 is 0 Å². The number of anilines is 1. The van der Waals surface area contributed by atoms with Crippen LogP contribution in [0, 0.1) is 0 Å². The summed E-state index contributed by atoms with van der Waals surface area (Å²) in [5.74, 6) is 0.249. The zero-order chi connectivity index (χ0) is 20.3. The van der Waals surface area contributed by atoms with Crippen molar-refractivity contribution >= 4 is 32.4 Å². The molecule has 2 N–H and O–H groups in total. The van der Waals surface area contributed by atoms with Crippen LogP contribution in [0.2, 0.25) is 0 Å². The van der Waals surface area contributed by atoms with Crippen LogP contribution in [-0.4, -0.2) is 28.5 Å². The second kappa shape index (κ2) is 8.00. The highest BCUT2D eigenvalue weighted by Gasteiger charge is 2.17. The lowest BCUT2D eigenvalue weighted by Gasteiger charge is -2.14. The molecule has 1 atom stereocenters. The van der Waals surface area contributed by atoms with E-state index in [0.29, 0.717) is 5.69 Å². The maximum absolute atomic E-state index is 12.6. The fourth-order valence-corrected chi connectivity index (χ4v) is 3.61. The van der Waals surface area contributed by atoms with Gasteiger partial charge in [0.15, 0.2) is 0 Å². The van der Waals surface area contributed by atoms with Gasteiger partial charge < -0.3 is 10.1 Å². The standard InChI is InChI=1S/C21H22N2O4S/c1-14(15-4-5-17-13-19(27-3)9-6-16(17)12-15)21(24)23-18-7-10-20(11-8-18)28(25,26)22-2/h4-14,22H,1-3H3,(H,23,24)/t14-/m0/s1. The molecule has 7 heteroatoms. The summed E-state index contributed by atoms with van der Waals surface area (Å²) < 4.78 is 31.0. The molecule has 6 nitrogen and oxygen atoms in total. The van der Waals surface area contributed by atoms with E-state index in [0.717, 1.165) is 22.1 Å². The van der Waals surface area contributed by atoms with Crippen LogP contribution in [0.3, 0.4) is 0 Å². The zero-order valence-electron chi connectivity index (χ0n) is 15.9. The van der Waals surface area contributed by atoms with Crippen molar-refractivity contribution in [3.63, 3.8) is 0 Å². The molecule has 0 radical (unpaired) electrons. The number of hydrogen-bond donors (Lipinski definition) is 2. The lowest BCUT2D eigenvalue weighted by Crippen LogP contribution is -2.20. The van der Waals surface area contributed by atoms with Crippen molar-refractivity contribution in [1.29, 1.82) is 0 Å². The minimum Gasteiger partial charge on any atom is -0.497 e. The molecule has 0 unspecified atom stereocenters. The topological polar surface area (TPSA) is 84.5 Å². The molecule has 0 bridgehead atoms. The zero-order valence-corrected chi connectivity index (χ0v) is 16.7. The number of methoxy groups -OCH3 is 1. The predicted molar refractivity (Wildman–Crippen MR) is 110 cm³/mol. The third-order valence-corrected chi connectivity index (χ3v) is 6.10. The lowest BCUT2D eigenvalue weighted by molar-refractivity contribution is -0.117. The van der Waals surface area contributed by atoms with Crippen LogP contribution in [0.15, 0.2) is 65.6 Å². The van der Waals surface area contributed by atoms with E-state index in [1.165, 1.54) is 19.2 Å². The predicted octanol–water partition coefficient (Wildman–Crippen LogP) is 3.50. The van der Waals surface area contributed by atoms with Gasteiger partial charge in [-0.15, -0.1) is 0 Å². The highest BCUT2D eigenvalue weighted by atomic mass is 32.2. The first-order valence-corrected chi connectivity index (χ1v) is 10.2. The maximum Gasteiger partial charge on any atom is 0.240 e. The van der Waals surface area contributed by atoms with Crippen molar-refractivity contribution in [3.8, 4) is 5.75 Å². The van der Waals surface area contributed by atoms with Gasteiger partial charge in [-0.2, -0.15) is 0 Å². The molecule has 28 heavy (non-hydrogen) atoms. The van der Waals surface area contributed by atoms with Crippen LogP contribution < -0.4 is 14.8 Å². The van der Waals surface area contributed by atoms with Crippen molar-refractivity contribution in [1.82, 2.24) is 4.72 Å². The van der Waals surface area contributed by atoms with Crippen molar-refractivity contribution in [3.05, 3.63) is 66.2 Å². The van der Waals surface area contributed by atoms with Crippen LogP contribution in [-0.2, 0) is 14.8 Å². The third-order valence-electron chi connectivity index (χ3n) is 4.67. The highest BCUT2D eigenvalue weighted by molar-refractivity contribution is 7.89. The van der Waals surface area contributed by atoms with Gasteiger partial charge in [0.25, 0.3) is 0 Å². The van der Waals surface area contributed by atoms with E-state index in [4.69, 9.17) is 4.74 Å². The Labute approximate surface area is 164 Å². The molecule has 1 amide bonds. The Morgan fingerprint density at radius 1 is 0.964 bits per heavy atom. The fraction of sp³-hybridized carbons (Fsp3) is 0.190. The summed E-state index contributed by atoms with van der Waals surface area (Å²) >= 11 is 0. The minimum atomic E-state index is -3.50. The minimum absolute atomic E-state index is 0.144. The second-order valence-electron chi connectivity index (χ2n) is 6.42. The molecule has 0 saturated carbocycles. The second-order valence-corrected chi connectivity index (χ2v) is 8.30. The molecule has 0 aromatic heterocycles. The monoisotopic (exact) mass is 398 g/mol. The number of sulfonamides is 1. The number of carbonyl (C=O) groups excluding carboxylic acids is 1. The van der Waals surface area contributed by atoms with Gasteiger partial charge in [-0.3, -0.25) is 4.79 Å². The Hall–Kier alpha value is -2.90. The molecule has 0 heterocycles. The van der Waals surface area contributed by atoms with Crippen LogP contribution in [0.5, 0.6) is 5.75 Å². The molecule has 3 aromatic carbocycles. The smallest absolute Gasteiger partial charge is 0.240 e. The third kappa shape index (κ3) is 4.16. The van der Waals surface area contributed by atoms with Crippen molar-refractivity contribution < 1.29 is 17.9 Å². The number of rotatable bonds is 6. The van der Waals surface area contributed by atoms with Crippen molar-refractivity contribution in [2.45, 2.75) is 17.7 Å². The number of amides is 1. The van der Waals surface area contributed by atoms with Gasteiger partial charge in [0.2, 0.25) is 15.9 Å². The normalized spacial score (nSPS) is 12.5. The Balaban J connectivity index is 1.76. The number of fused-ring (bicyclic) bond motifs is 1. The summed E-state index contributed by atoms with van der Waals surface area (Å²) in [6.45, 7) is 1.83. The van der Waals surface area contributed by atoms with Crippen LogP contribution in [0.25, 0.3) is 10.8 Å². The van der Waals surface area contributed by atoms with Gasteiger partial charge in [-0.1, -0.05) is 24.3 Å². The summed E-state index contributed by atoms with van der Waals surface area (Å²) in [7, 11) is -0.519. The van der Waals surface area contributed by atoms with Crippen molar-refractivity contribution in [2.75, 3.05) is 19.5 Å². The average Bonchev–Trinajstić information content (AvgIpc) is 2.72. The molecule has 0 aliphatic heterocycles. The Bertz CT molecular complexity index is 1110. The molecule has 0 aliphatic carbocycles. The van der Waals surface area contributed by atoms with Crippen LogP contribution in [0.1, 0.15) is 18.4 Å². The first kappa shape index (κ1) is 19.9. The first-order chi connectivity index (χ1) is 13.3. The van der Waals surface area contributed by atoms with Gasteiger partial charge in [-0.05, 0) is 66.7 Å². The maximum atomic E-state index is 12.6. The summed E-state index contributed by atoms with van der Waals surface area (Å²) in [6, 6.07) is 17.7. The number of nitrogens with one attached hydrogen (secondary N) is 2. The quantitative estimate of drug-likeness (QED) is 0.666. The van der Waals surface area contributed by atoms with E-state index < -0.39 is 10.0 Å². The fourth-order valence-electron chi connectivity index (χ4n) is 2.88. The Morgan fingerprint density at radius 3 is 2.25 bits per heavy atom. The molecule has 146 valence electrons.